The number of aromatic nitrogens is 2. The van der Waals surface area contributed by atoms with Crippen molar-refractivity contribution in [3.8, 4) is 5.75 Å². The molecule has 1 aromatic carbocycles. The number of aryl methyl sites for hydroxylation is 1. The highest BCUT2D eigenvalue weighted by atomic mass is 16.5. The van der Waals surface area contributed by atoms with Crippen LogP contribution in [0.4, 0.5) is 0 Å². The molecule has 2 unspecified atom stereocenters. The number of methoxy groups -OCH3 is 1. The second kappa shape index (κ2) is 8.67. The van der Waals surface area contributed by atoms with E-state index in [-0.39, 0.29) is 5.91 Å². The Labute approximate surface area is 148 Å². The molecule has 2 rings (SSSR count). The fraction of sp³-hybridized carbons (Fsp3) is 0.474. The molecule has 6 nitrogen and oxygen atoms in total. The van der Waals surface area contributed by atoms with Gasteiger partial charge in [0.15, 0.2) is 0 Å². The van der Waals surface area contributed by atoms with Gasteiger partial charge in [0.25, 0.3) is 5.91 Å². The molecule has 1 heterocycles. The summed E-state index contributed by atoms with van der Waals surface area (Å²) < 4.78 is 6.96. The van der Waals surface area contributed by atoms with Crippen LogP contribution >= 0.6 is 0 Å². The molecule has 1 aromatic heterocycles. The third kappa shape index (κ3) is 4.60. The highest BCUT2D eigenvalue weighted by Gasteiger charge is 2.21. The number of rotatable bonds is 8. The van der Waals surface area contributed by atoms with Gasteiger partial charge in [0.2, 0.25) is 0 Å². The van der Waals surface area contributed by atoms with E-state index in [4.69, 9.17) is 4.74 Å². The maximum absolute atomic E-state index is 12.5. The number of carbonyl (C=O) groups is 1. The number of amides is 1. The molecule has 0 aliphatic rings. The predicted octanol–water partition coefficient (Wildman–Crippen LogP) is 2.85. The minimum atomic E-state index is -0.801. The monoisotopic (exact) mass is 345 g/mol. The second-order valence-electron chi connectivity index (χ2n) is 6.20. The molecule has 0 aliphatic heterocycles. The number of nitrogens with one attached hydrogen (secondary N) is 1. The Hall–Kier alpha value is -2.34. The molecular formula is C19H27N3O3. The number of hydrogen-bond acceptors (Lipinski definition) is 4. The first-order valence-corrected chi connectivity index (χ1v) is 8.63. The van der Waals surface area contributed by atoms with E-state index in [2.05, 4.69) is 17.3 Å². The number of unbranched alkanes of at least 4 members (excludes halogenated alkanes) is 1. The third-order valence-corrected chi connectivity index (χ3v) is 4.36. The molecular weight excluding hydrogens is 318 g/mol. The van der Waals surface area contributed by atoms with Crippen molar-refractivity contribution in [2.45, 2.75) is 52.3 Å². The van der Waals surface area contributed by atoms with Crippen LogP contribution in [0.5, 0.6) is 5.75 Å². The smallest absolute Gasteiger partial charge is 0.255 e. The molecule has 0 aliphatic carbocycles. The molecule has 0 bridgehead atoms. The van der Waals surface area contributed by atoms with Crippen molar-refractivity contribution < 1.29 is 14.6 Å². The Morgan fingerprint density at radius 1 is 1.36 bits per heavy atom. The van der Waals surface area contributed by atoms with Crippen molar-refractivity contribution >= 4 is 5.91 Å². The summed E-state index contributed by atoms with van der Waals surface area (Å²) in [6.45, 7) is 6.60. The number of nitrogens with zero attached hydrogens (tertiary/aromatic N) is 2. The van der Waals surface area contributed by atoms with E-state index in [0.717, 1.165) is 36.4 Å². The predicted molar refractivity (Wildman–Crippen MR) is 96.8 cm³/mol. The highest BCUT2D eigenvalue weighted by Crippen LogP contribution is 2.20. The van der Waals surface area contributed by atoms with Crippen molar-refractivity contribution in [2.24, 2.45) is 0 Å². The van der Waals surface area contributed by atoms with Gasteiger partial charge in [0.05, 0.1) is 31.0 Å². The lowest BCUT2D eigenvalue weighted by molar-refractivity contribution is 0.0851. The number of aliphatic hydroxyl groups is 1. The molecule has 0 fully saturated rings. The zero-order valence-electron chi connectivity index (χ0n) is 15.3. The molecule has 0 radical (unpaired) electrons. The summed E-state index contributed by atoms with van der Waals surface area (Å²) in [6.07, 6.45) is 2.89. The molecule has 6 heteroatoms. The minimum Gasteiger partial charge on any atom is -0.497 e. The second-order valence-corrected chi connectivity index (χ2v) is 6.20. The first-order chi connectivity index (χ1) is 12.0. The number of ether oxygens (including phenoxy) is 1. The van der Waals surface area contributed by atoms with E-state index in [1.165, 1.54) is 0 Å². The minimum absolute atomic E-state index is 0.222. The summed E-state index contributed by atoms with van der Waals surface area (Å²) in [7, 11) is 1.59. The average molecular weight is 345 g/mol. The van der Waals surface area contributed by atoms with E-state index in [1.54, 1.807) is 44.5 Å². The van der Waals surface area contributed by atoms with Gasteiger partial charge in [-0.25, -0.2) is 0 Å². The summed E-state index contributed by atoms with van der Waals surface area (Å²) in [5.41, 5.74) is 2.12. The average Bonchev–Trinajstić information content (AvgIpc) is 3.00. The van der Waals surface area contributed by atoms with E-state index >= 15 is 0 Å². The Bertz CT molecular complexity index is 694. The first-order valence-electron chi connectivity index (χ1n) is 8.63. The quantitative estimate of drug-likeness (QED) is 0.771. The Morgan fingerprint density at radius 2 is 2.04 bits per heavy atom. The van der Waals surface area contributed by atoms with E-state index in [9.17, 15) is 9.90 Å². The van der Waals surface area contributed by atoms with Crippen LogP contribution in [-0.4, -0.2) is 33.9 Å². The van der Waals surface area contributed by atoms with E-state index < -0.39 is 12.1 Å². The molecule has 0 saturated carbocycles. The maximum Gasteiger partial charge on any atom is 0.255 e. The van der Waals surface area contributed by atoms with Gasteiger partial charge in [-0.2, -0.15) is 5.10 Å². The van der Waals surface area contributed by atoms with Gasteiger partial charge in [-0.1, -0.05) is 25.5 Å². The molecule has 2 aromatic rings. The summed E-state index contributed by atoms with van der Waals surface area (Å²) in [6, 6.07) is 6.73. The van der Waals surface area contributed by atoms with Crippen LogP contribution < -0.4 is 10.1 Å². The summed E-state index contributed by atoms with van der Waals surface area (Å²) in [5, 5.41) is 17.6. The van der Waals surface area contributed by atoms with Crippen molar-refractivity contribution in [1.82, 2.24) is 15.1 Å². The summed E-state index contributed by atoms with van der Waals surface area (Å²) >= 11 is 0. The Balaban J connectivity index is 2.02. The summed E-state index contributed by atoms with van der Waals surface area (Å²) in [4.78, 5) is 12.5. The van der Waals surface area contributed by atoms with Gasteiger partial charge in [0, 0.05) is 12.2 Å². The molecule has 0 spiro atoms. The molecule has 2 N–H and O–H groups in total. The number of benzene rings is 1. The van der Waals surface area contributed by atoms with Gasteiger partial charge in [-0.3, -0.25) is 9.48 Å². The van der Waals surface area contributed by atoms with Crippen LogP contribution in [0.1, 0.15) is 54.4 Å². The van der Waals surface area contributed by atoms with Gasteiger partial charge in [-0.15, -0.1) is 0 Å². The van der Waals surface area contributed by atoms with Crippen molar-refractivity contribution in [3.63, 3.8) is 0 Å². The first kappa shape index (κ1) is 19.0. The van der Waals surface area contributed by atoms with Crippen LogP contribution in [0, 0.1) is 6.92 Å². The largest absolute Gasteiger partial charge is 0.497 e. The van der Waals surface area contributed by atoms with Crippen LogP contribution in [-0.2, 0) is 6.54 Å². The normalized spacial score (nSPS) is 13.3. The van der Waals surface area contributed by atoms with Crippen LogP contribution in [0.3, 0.4) is 0 Å². The van der Waals surface area contributed by atoms with Crippen LogP contribution in [0.15, 0.2) is 30.5 Å². The van der Waals surface area contributed by atoms with E-state index in [0.29, 0.717) is 5.56 Å². The third-order valence-electron chi connectivity index (χ3n) is 4.36. The van der Waals surface area contributed by atoms with Crippen molar-refractivity contribution in [1.29, 1.82) is 0 Å². The van der Waals surface area contributed by atoms with Gasteiger partial charge < -0.3 is 15.2 Å². The zero-order valence-corrected chi connectivity index (χ0v) is 15.3. The fourth-order valence-electron chi connectivity index (χ4n) is 2.66. The van der Waals surface area contributed by atoms with Crippen molar-refractivity contribution in [3.05, 3.63) is 47.3 Å². The highest BCUT2D eigenvalue weighted by molar-refractivity contribution is 5.95. The number of hydrogen-bond donors (Lipinski definition) is 2. The van der Waals surface area contributed by atoms with Gasteiger partial charge in [-0.05, 0) is 38.0 Å². The standard InChI is InChI=1S/C19H27N3O3/c1-5-6-11-22-14(3)17(12-20-22)19(24)21-13(2)18(23)15-7-9-16(25-4)10-8-15/h7-10,12-13,18,23H,5-6,11H2,1-4H3,(H,21,24). The van der Waals surface area contributed by atoms with E-state index in [1.807, 2.05) is 11.6 Å². The number of aliphatic hydroxyl groups excluding tert-OH is 1. The Kier molecular flexibility index (Phi) is 6.58. The van der Waals surface area contributed by atoms with Crippen LogP contribution in [0.25, 0.3) is 0 Å². The molecule has 2 atom stereocenters. The lowest BCUT2D eigenvalue weighted by Gasteiger charge is -2.20. The van der Waals surface area contributed by atoms with Gasteiger partial charge in [0.1, 0.15) is 5.75 Å². The topological polar surface area (TPSA) is 76.4 Å². The molecule has 0 saturated heterocycles. The van der Waals surface area contributed by atoms with Crippen LogP contribution in [0.2, 0.25) is 0 Å². The maximum atomic E-state index is 12.5. The summed E-state index contributed by atoms with van der Waals surface area (Å²) in [5.74, 6) is 0.503. The zero-order chi connectivity index (χ0) is 18.4. The lowest BCUT2D eigenvalue weighted by atomic mass is 10.0. The fourth-order valence-corrected chi connectivity index (χ4v) is 2.66. The number of carbonyl (C=O) groups excluding carboxylic acids is 1. The van der Waals surface area contributed by atoms with Crippen molar-refractivity contribution in [2.75, 3.05) is 7.11 Å². The lowest BCUT2D eigenvalue weighted by Crippen LogP contribution is -2.37. The molecule has 1 amide bonds. The molecule has 25 heavy (non-hydrogen) atoms. The Morgan fingerprint density at radius 3 is 2.64 bits per heavy atom. The van der Waals surface area contributed by atoms with Gasteiger partial charge >= 0.3 is 0 Å². The SMILES string of the molecule is CCCCn1ncc(C(=O)NC(C)C(O)c2ccc(OC)cc2)c1C. The molecule has 136 valence electrons.